The van der Waals surface area contributed by atoms with Crippen LogP contribution in [-0.2, 0) is 6.18 Å². The number of thiazole rings is 1. The van der Waals surface area contributed by atoms with Gasteiger partial charge in [-0.25, -0.2) is 4.98 Å². The average Bonchev–Trinajstić information content (AvgIpc) is 2.96. The molecule has 3 aromatic rings. The Morgan fingerprint density at radius 2 is 2.09 bits per heavy atom. The number of benzene rings is 1. The number of halogens is 4. The SMILES string of the molecule is Cc1cn2cc(C(=O)Nc3ccc(Cl)c(C(F)(F)F)c3)nc2s1. The molecule has 1 N–H and O–H groups in total. The highest BCUT2D eigenvalue weighted by atomic mass is 35.5. The summed E-state index contributed by atoms with van der Waals surface area (Å²) in [7, 11) is 0. The molecule has 3 rings (SSSR count). The van der Waals surface area contributed by atoms with E-state index in [1.165, 1.54) is 23.6 Å². The normalized spacial score (nSPS) is 11.9. The smallest absolute Gasteiger partial charge is 0.321 e. The number of amides is 1. The van der Waals surface area contributed by atoms with Crippen LogP contribution < -0.4 is 5.32 Å². The lowest BCUT2D eigenvalue weighted by molar-refractivity contribution is -0.137. The zero-order valence-corrected chi connectivity index (χ0v) is 13.2. The number of imidazole rings is 1. The molecular weight excluding hydrogens is 351 g/mol. The summed E-state index contributed by atoms with van der Waals surface area (Å²) in [5.41, 5.74) is -0.877. The molecule has 0 unspecified atom stereocenters. The molecule has 0 bridgehead atoms. The van der Waals surface area contributed by atoms with Crippen LogP contribution in [0.3, 0.4) is 0 Å². The highest BCUT2D eigenvalue weighted by molar-refractivity contribution is 7.17. The molecule has 0 saturated heterocycles. The molecule has 0 aliphatic rings. The van der Waals surface area contributed by atoms with Gasteiger partial charge in [-0.2, -0.15) is 13.2 Å². The maximum absolute atomic E-state index is 12.8. The predicted molar refractivity (Wildman–Crippen MR) is 82.2 cm³/mol. The topological polar surface area (TPSA) is 46.4 Å². The molecule has 4 nitrogen and oxygen atoms in total. The van der Waals surface area contributed by atoms with Gasteiger partial charge in [0, 0.05) is 23.0 Å². The minimum absolute atomic E-state index is 0.000685. The number of aromatic nitrogens is 2. The fourth-order valence-corrected chi connectivity index (χ4v) is 3.07. The predicted octanol–water partition coefficient (Wildman–Crippen LogP) is 4.63. The van der Waals surface area contributed by atoms with Crippen molar-refractivity contribution in [3.05, 3.63) is 51.7 Å². The number of nitrogens with one attached hydrogen (secondary N) is 1. The van der Waals surface area contributed by atoms with Crippen LogP contribution in [0.15, 0.2) is 30.6 Å². The van der Waals surface area contributed by atoms with Crippen molar-refractivity contribution in [1.82, 2.24) is 9.38 Å². The lowest BCUT2D eigenvalue weighted by atomic mass is 10.2. The van der Waals surface area contributed by atoms with Crippen molar-refractivity contribution in [3.63, 3.8) is 0 Å². The van der Waals surface area contributed by atoms with Crippen molar-refractivity contribution in [2.45, 2.75) is 13.1 Å². The second kappa shape index (κ2) is 5.54. The van der Waals surface area contributed by atoms with Crippen LogP contribution in [0.4, 0.5) is 18.9 Å². The number of nitrogens with zero attached hydrogens (tertiary/aromatic N) is 2. The summed E-state index contributed by atoms with van der Waals surface area (Å²) in [6.07, 6.45) is -1.26. The number of rotatable bonds is 2. The number of fused-ring (bicyclic) bond motifs is 1. The number of carbonyl (C=O) groups is 1. The maximum atomic E-state index is 12.8. The lowest BCUT2D eigenvalue weighted by Gasteiger charge is -2.11. The van der Waals surface area contributed by atoms with Crippen molar-refractivity contribution in [2.24, 2.45) is 0 Å². The van der Waals surface area contributed by atoms with E-state index in [2.05, 4.69) is 10.3 Å². The number of hydrogen-bond donors (Lipinski definition) is 1. The zero-order valence-electron chi connectivity index (χ0n) is 11.6. The highest BCUT2D eigenvalue weighted by Gasteiger charge is 2.33. The first-order chi connectivity index (χ1) is 10.7. The average molecular weight is 360 g/mol. The van der Waals surface area contributed by atoms with Gasteiger partial charge in [0.05, 0.1) is 10.6 Å². The lowest BCUT2D eigenvalue weighted by Crippen LogP contribution is -2.13. The Balaban J connectivity index is 1.86. The third-order valence-corrected chi connectivity index (χ3v) is 4.28. The van der Waals surface area contributed by atoms with E-state index in [1.807, 2.05) is 13.1 Å². The molecular formula is C14H9ClF3N3OS. The van der Waals surface area contributed by atoms with Crippen molar-refractivity contribution >= 4 is 39.5 Å². The van der Waals surface area contributed by atoms with E-state index < -0.39 is 22.7 Å². The minimum Gasteiger partial charge on any atom is -0.321 e. The molecule has 0 spiro atoms. The Morgan fingerprint density at radius 1 is 1.35 bits per heavy atom. The van der Waals surface area contributed by atoms with Gasteiger partial charge in [-0.15, -0.1) is 11.3 Å². The number of aryl methyl sites for hydroxylation is 1. The molecule has 9 heteroatoms. The maximum Gasteiger partial charge on any atom is 0.417 e. The van der Waals surface area contributed by atoms with Crippen LogP contribution in [0.1, 0.15) is 20.9 Å². The highest BCUT2D eigenvalue weighted by Crippen LogP contribution is 2.36. The second-order valence-corrected chi connectivity index (χ2v) is 6.42. The number of anilines is 1. The first-order valence-corrected chi connectivity index (χ1v) is 7.57. The Bertz CT molecular complexity index is 869. The van der Waals surface area contributed by atoms with Crippen LogP contribution in [0.5, 0.6) is 0 Å². The van der Waals surface area contributed by atoms with Gasteiger partial charge in [0.2, 0.25) is 0 Å². The van der Waals surface area contributed by atoms with Crippen LogP contribution in [0.25, 0.3) is 4.96 Å². The monoisotopic (exact) mass is 359 g/mol. The van der Waals surface area contributed by atoms with Gasteiger partial charge < -0.3 is 5.32 Å². The Hall–Kier alpha value is -2.06. The van der Waals surface area contributed by atoms with Crippen LogP contribution in [-0.4, -0.2) is 15.3 Å². The number of alkyl halides is 3. The minimum atomic E-state index is -4.59. The molecule has 0 atom stereocenters. The Kier molecular flexibility index (Phi) is 3.81. The molecule has 1 aromatic carbocycles. The molecule has 0 aliphatic heterocycles. The van der Waals surface area contributed by atoms with Crippen molar-refractivity contribution < 1.29 is 18.0 Å². The Morgan fingerprint density at radius 3 is 2.74 bits per heavy atom. The van der Waals surface area contributed by atoms with Crippen LogP contribution >= 0.6 is 22.9 Å². The molecule has 2 heterocycles. The van der Waals surface area contributed by atoms with Crippen LogP contribution in [0, 0.1) is 6.92 Å². The molecule has 1 amide bonds. The molecule has 2 aromatic heterocycles. The summed E-state index contributed by atoms with van der Waals surface area (Å²) in [6.45, 7) is 1.91. The molecule has 0 saturated carbocycles. The number of carbonyl (C=O) groups excluding carboxylic acids is 1. The first-order valence-electron chi connectivity index (χ1n) is 6.37. The van der Waals surface area contributed by atoms with Crippen molar-refractivity contribution in [2.75, 3.05) is 5.32 Å². The molecule has 0 radical (unpaired) electrons. The second-order valence-electron chi connectivity index (χ2n) is 4.80. The van der Waals surface area contributed by atoms with E-state index >= 15 is 0 Å². The summed E-state index contributed by atoms with van der Waals surface area (Å²) in [4.78, 5) is 17.9. The summed E-state index contributed by atoms with van der Waals surface area (Å²) < 4.78 is 40.1. The number of hydrogen-bond acceptors (Lipinski definition) is 3. The van der Waals surface area contributed by atoms with Gasteiger partial charge in [0.1, 0.15) is 5.69 Å². The largest absolute Gasteiger partial charge is 0.417 e. The van der Waals surface area contributed by atoms with E-state index in [1.54, 1.807) is 4.40 Å². The Labute approximate surface area is 137 Å². The molecule has 23 heavy (non-hydrogen) atoms. The van der Waals surface area contributed by atoms with Crippen LogP contribution in [0.2, 0.25) is 5.02 Å². The van der Waals surface area contributed by atoms with Crippen molar-refractivity contribution in [1.29, 1.82) is 0 Å². The van der Waals surface area contributed by atoms with E-state index in [4.69, 9.17) is 11.6 Å². The standard InChI is InChI=1S/C14H9ClF3N3OS/c1-7-5-21-6-11(20-13(21)23-7)12(22)19-8-2-3-10(15)9(4-8)14(16,17)18/h2-6H,1H3,(H,19,22). The van der Waals surface area contributed by atoms with E-state index in [0.717, 1.165) is 17.0 Å². The molecule has 120 valence electrons. The summed E-state index contributed by atoms with van der Waals surface area (Å²) in [6, 6.07) is 3.19. The van der Waals surface area contributed by atoms with E-state index in [-0.39, 0.29) is 11.4 Å². The van der Waals surface area contributed by atoms with Gasteiger partial charge in [-0.1, -0.05) is 11.6 Å². The van der Waals surface area contributed by atoms with Gasteiger partial charge in [0.25, 0.3) is 5.91 Å². The van der Waals surface area contributed by atoms with Gasteiger partial charge in [-0.05, 0) is 25.1 Å². The fourth-order valence-electron chi connectivity index (χ4n) is 2.04. The quantitative estimate of drug-likeness (QED) is 0.725. The summed E-state index contributed by atoms with van der Waals surface area (Å²) in [5, 5.41) is 1.97. The summed E-state index contributed by atoms with van der Waals surface area (Å²) >= 11 is 6.95. The first kappa shape index (κ1) is 15.8. The van der Waals surface area contributed by atoms with Gasteiger partial charge >= 0.3 is 6.18 Å². The van der Waals surface area contributed by atoms with Gasteiger partial charge in [0.15, 0.2) is 4.96 Å². The van der Waals surface area contributed by atoms with Gasteiger partial charge in [-0.3, -0.25) is 9.20 Å². The fraction of sp³-hybridized carbons (Fsp3) is 0.143. The third kappa shape index (κ3) is 3.18. The summed E-state index contributed by atoms with van der Waals surface area (Å²) in [5.74, 6) is -0.589. The molecule has 0 aliphatic carbocycles. The van der Waals surface area contributed by atoms with E-state index in [9.17, 15) is 18.0 Å². The zero-order chi connectivity index (χ0) is 16.8. The van der Waals surface area contributed by atoms with Crippen molar-refractivity contribution in [3.8, 4) is 0 Å². The molecule has 0 fully saturated rings. The van der Waals surface area contributed by atoms with E-state index in [0.29, 0.717) is 4.96 Å². The third-order valence-electron chi connectivity index (χ3n) is 3.03.